The minimum atomic E-state index is -0.537. The maximum atomic E-state index is 9.11. The van der Waals surface area contributed by atoms with Crippen LogP contribution in [0.3, 0.4) is 0 Å². The van der Waals surface area contributed by atoms with E-state index in [-0.39, 0.29) is 5.92 Å². The van der Waals surface area contributed by atoms with E-state index in [4.69, 9.17) is 5.11 Å². The molecule has 1 N–H and O–H groups in total. The highest BCUT2D eigenvalue weighted by Crippen LogP contribution is 1.97. The van der Waals surface area contributed by atoms with Gasteiger partial charge in [-0.15, -0.1) is 5.73 Å². The zero-order valence-corrected chi connectivity index (χ0v) is 6.39. The predicted octanol–water partition coefficient (Wildman–Crippen LogP) is 1.35. The van der Waals surface area contributed by atoms with Crippen molar-refractivity contribution in [2.75, 3.05) is 0 Å². The Bertz CT molecular complexity index is 187. The summed E-state index contributed by atoms with van der Waals surface area (Å²) < 4.78 is 0. The normalized spacial score (nSPS) is 11.2. The molecule has 0 aromatic carbocycles. The lowest BCUT2D eigenvalue weighted by atomic mass is 10.1. The Balaban J connectivity index is 3.91. The van der Waals surface area contributed by atoms with Crippen LogP contribution in [-0.2, 0) is 0 Å². The van der Waals surface area contributed by atoms with Crippen LogP contribution in [0.1, 0.15) is 13.8 Å². The molecule has 1 unspecified atom stereocenters. The van der Waals surface area contributed by atoms with E-state index < -0.39 is 6.10 Å². The van der Waals surface area contributed by atoms with Gasteiger partial charge in [0.1, 0.15) is 6.10 Å². The second kappa shape index (κ2) is 4.88. The van der Waals surface area contributed by atoms with E-state index in [1.54, 1.807) is 0 Å². The number of aliphatic hydroxyl groups excluding tert-OH is 1. The molecule has 54 valence electrons. The summed E-state index contributed by atoms with van der Waals surface area (Å²) >= 11 is 0. The molecule has 10 heavy (non-hydrogen) atoms. The van der Waals surface area contributed by atoms with E-state index >= 15 is 0 Å². The number of aliphatic hydroxyl groups is 1. The molecule has 0 fully saturated rings. The molecule has 0 aromatic rings. The van der Waals surface area contributed by atoms with Gasteiger partial charge in [0.15, 0.2) is 0 Å². The van der Waals surface area contributed by atoms with E-state index in [0.29, 0.717) is 0 Å². The zero-order chi connectivity index (χ0) is 7.98. The van der Waals surface area contributed by atoms with Crippen molar-refractivity contribution >= 4 is 0 Å². The molecule has 0 saturated heterocycles. The summed E-state index contributed by atoms with van der Waals surface area (Å²) in [5.41, 5.74) is 2.50. The first-order valence-corrected chi connectivity index (χ1v) is 3.22. The predicted molar refractivity (Wildman–Crippen MR) is 42.3 cm³/mol. The van der Waals surface area contributed by atoms with Gasteiger partial charge in [-0.25, -0.2) is 0 Å². The summed E-state index contributed by atoms with van der Waals surface area (Å²) in [6, 6.07) is 0. The van der Waals surface area contributed by atoms with E-state index in [2.05, 4.69) is 24.2 Å². The largest absolute Gasteiger partial charge is 0.380 e. The summed E-state index contributed by atoms with van der Waals surface area (Å²) in [4.78, 5) is 0. The number of hydrogen-bond donors (Lipinski definition) is 1. The van der Waals surface area contributed by atoms with Crippen LogP contribution in [0.4, 0.5) is 0 Å². The molecular formula is C9H12O. The highest BCUT2D eigenvalue weighted by atomic mass is 16.3. The molecule has 0 spiro atoms. The standard InChI is InChI=1S/C9H12O/c1-4-5-6-7-9(10)8(2)3/h5,8-10H,1H2,2-3H3. The smallest absolute Gasteiger partial charge is 0.117 e. The molecular weight excluding hydrogens is 124 g/mol. The van der Waals surface area contributed by atoms with Gasteiger partial charge in [-0.2, -0.15) is 0 Å². The fraction of sp³-hybridized carbons (Fsp3) is 0.444. The van der Waals surface area contributed by atoms with Gasteiger partial charge in [0.2, 0.25) is 0 Å². The van der Waals surface area contributed by atoms with Crippen molar-refractivity contribution < 1.29 is 5.11 Å². The molecule has 0 bridgehead atoms. The van der Waals surface area contributed by atoms with Crippen LogP contribution in [-0.4, -0.2) is 11.2 Å². The summed E-state index contributed by atoms with van der Waals surface area (Å²) in [7, 11) is 0. The van der Waals surface area contributed by atoms with E-state index in [0.717, 1.165) is 0 Å². The third-order valence-corrected chi connectivity index (χ3v) is 1.04. The minimum absolute atomic E-state index is 0.186. The Morgan fingerprint density at radius 1 is 1.50 bits per heavy atom. The van der Waals surface area contributed by atoms with Crippen LogP contribution in [0.15, 0.2) is 18.4 Å². The summed E-state index contributed by atoms with van der Waals surface area (Å²) in [5, 5.41) is 9.11. The first kappa shape index (κ1) is 9.04. The molecule has 1 atom stereocenters. The lowest BCUT2D eigenvalue weighted by Gasteiger charge is -2.04. The summed E-state index contributed by atoms with van der Waals surface area (Å²) in [5.74, 6) is 5.43. The Labute approximate surface area is 62.1 Å². The zero-order valence-electron chi connectivity index (χ0n) is 6.39. The highest BCUT2D eigenvalue weighted by Gasteiger charge is 2.02. The van der Waals surface area contributed by atoms with Crippen LogP contribution in [0, 0.1) is 17.8 Å². The maximum absolute atomic E-state index is 9.11. The molecule has 1 heteroatoms. The van der Waals surface area contributed by atoms with Crippen LogP contribution in [0.25, 0.3) is 0 Å². The Morgan fingerprint density at radius 3 is 2.50 bits per heavy atom. The van der Waals surface area contributed by atoms with Gasteiger partial charge in [0, 0.05) is 6.08 Å². The quantitative estimate of drug-likeness (QED) is 0.426. The van der Waals surface area contributed by atoms with Gasteiger partial charge < -0.3 is 5.11 Å². The summed E-state index contributed by atoms with van der Waals surface area (Å²) in [6.45, 7) is 7.17. The fourth-order valence-electron chi connectivity index (χ4n) is 0.345. The molecule has 0 heterocycles. The topological polar surface area (TPSA) is 20.2 Å². The third kappa shape index (κ3) is 3.97. The number of rotatable bonds is 1. The monoisotopic (exact) mass is 136 g/mol. The SMILES string of the molecule is C=C=CC#CC(O)C(C)C. The summed E-state index contributed by atoms with van der Waals surface area (Å²) in [6.07, 6.45) is 0.954. The molecule has 0 aliphatic rings. The van der Waals surface area contributed by atoms with Crippen LogP contribution in [0.2, 0.25) is 0 Å². The first-order valence-electron chi connectivity index (χ1n) is 3.22. The van der Waals surface area contributed by atoms with E-state index in [1.807, 2.05) is 13.8 Å². The van der Waals surface area contributed by atoms with Gasteiger partial charge in [0.25, 0.3) is 0 Å². The lowest BCUT2D eigenvalue weighted by molar-refractivity contribution is 0.181. The Morgan fingerprint density at radius 2 is 2.10 bits per heavy atom. The second-order valence-electron chi connectivity index (χ2n) is 2.33. The van der Waals surface area contributed by atoms with Gasteiger partial charge >= 0.3 is 0 Å². The minimum Gasteiger partial charge on any atom is -0.380 e. The van der Waals surface area contributed by atoms with Crippen molar-refractivity contribution in [2.45, 2.75) is 20.0 Å². The van der Waals surface area contributed by atoms with Gasteiger partial charge in [0.05, 0.1) is 0 Å². The Kier molecular flexibility index (Phi) is 4.41. The highest BCUT2D eigenvalue weighted by molar-refractivity contribution is 5.16. The van der Waals surface area contributed by atoms with Crippen molar-refractivity contribution in [2.24, 2.45) is 5.92 Å². The first-order chi connectivity index (χ1) is 4.68. The van der Waals surface area contributed by atoms with Crippen molar-refractivity contribution in [3.63, 3.8) is 0 Å². The molecule has 0 aliphatic heterocycles. The van der Waals surface area contributed by atoms with Crippen molar-refractivity contribution in [3.05, 3.63) is 18.4 Å². The molecule has 0 aromatic heterocycles. The third-order valence-electron chi connectivity index (χ3n) is 1.04. The average Bonchev–Trinajstić information content (AvgIpc) is 1.88. The van der Waals surface area contributed by atoms with Crippen LogP contribution >= 0.6 is 0 Å². The van der Waals surface area contributed by atoms with E-state index in [1.165, 1.54) is 6.08 Å². The van der Waals surface area contributed by atoms with Crippen molar-refractivity contribution in [1.29, 1.82) is 0 Å². The van der Waals surface area contributed by atoms with Gasteiger partial charge in [-0.1, -0.05) is 32.3 Å². The molecule has 1 nitrogen and oxygen atoms in total. The fourth-order valence-corrected chi connectivity index (χ4v) is 0.345. The van der Waals surface area contributed by atoms with E-state index in [9.17, 15) is 0 Å². The second-order valence-corrected chi connectivity index (χ2v) is 2.33. The van der Waals surface area contributed by atoms with Crippen LogP contribution in [0.5, 0.6) is 0 Å². The molecule has 0 aliphatic carbocycles. The van der Waals surface area contributed by atoms with Gasteiger partial charge in [-0.05, 0) is 5.92 Å². The number of hydrogen-bond acceptors (Lipinski definition) is 1. The average molecular weight is 136 g/mol. The molecule has 0 rings (SSSR count). The van der Waals surface area contributed by atoms with Crippen molar-refractivity contribution in [1.82, 2.24) is 0 Å². The van der Waals surface area contributed by atoms with Crippen molar-refractivity contribution in [3.8, 4) is 11.8 Å². The molecule has 0 radical (unpaired) electrons. The van der Waals surface area contributed by atoms with Crippen LogP contribution < -0.4 is 0 Å². The lowest BCUT2D eigenvalue weighted by Crippen LogP contribution is -2.10. The molecule has 0 saturated carbocycles. The Hall–Kier alpha value is -0.960. The number of allylic oxidation sites excluding steroid dienone is 1. The maximum Gasteiger partial charge on any atom is 0.117 e. The van der Waals surface area contributed by atoms with Gasteiger partial charge in [-0.3, -0.25) is 0 Å². The molecule has 0 amide bonds.